The quantitative estimate of drug-likeness (QED) is 0.308. The molecule has 222 valence electrons. The molecule has 0 aliphatic carbocycles. The lowest BCUT2D eigenvalue weighted by atomic mass is 9.84. The third-order valence-electron chi connectivity index (χ3n) is 5.53. The molecule has 0 saturated heterocycles. The molecule has 11 heteroatoms. The summed E-state index contributed by atoms with van der Waals surface area (Å²) in [6, 6.07) is 10.1. The van der Waals surface area contributed by atoms with Gasteiger partial charge in [-0.3, -0.25) is 9.18 Å². The lowest BCUT2D eigenvalue weighted by molar-refractivity contribution is -0.139. The number of hydrogen-bond donors (Lipinski definition) is 2. The van der Waals surface area contributed by atoms with Crippen LogP contribution in [0.15, 0.2) is 46.9 Å². The molecule has 1 heterocycles. The van der Waals surface area contributed by atoms with E-state index in [-0.39, 0.29) is 17.9 Å². The number of aliphatic hydroxyl groups is 1. The Labute approximate surface area is 249 Å². The van der Waals surface area contributed by atoms with Gasteiger partial charge in [0.25, 0.3) is 0 Å². The summed E-state index contributed by atoms with van der Waals surface area (Å²) >= 11 is 3.47. The van der Waals surface area contributed by atoms with Crippen LogP contribution >= 0.6 is 15.9 Å². The van der Waals surface area contributed by atoms with E-state index in [0.29, 0.717) is 32.5 Å². The number of terminal acetylenes is 2. The highest BCUT2D eigenvalue weighted by Gasteiger charge is 2.38. The number of benzene rings is 2. The molecule has 0 aliphatic heterocycles. The molecule has 0 bridgehead atoms. The number of carbonyl (C=O) groups is 1. The minimum atomic E-state index is -0.678. The predicted octanol–water partition coefficient (Wildman–Crippen LogP) is 5.38. The second-order valence-electron chi connectivity index (χ2n) is 9.36. The van der Waals surface area contributed by atoms with Crippen molar-refractivity contribution in [1.29, 1.82) is 0 Å². The van der Waals surface area contributed by atoms with Gasteiger partial charge in [0.2, 0.25) is 5.91 Å². The Kier molecular flexibility index (Phi) is 17.0. The number of carbonyl (C=O) groups excluding carboxylic acids is 1. The molecule has 3 N–H and O–H groups in total. The summed E-state index contributed by atoms with van der Waals surface area (Å²) in [6.07, 6.45) is 16.5. The van der Waals surface area contributed by atoms with E-state index in [9.17, 15) is 23.1 Å². The Bertz CT molecular complexity index is 1270. The molecule has 0 aliphatic rings. The fraction of sp³-hybridized carbons (Fsp3) is 0.367. The fourth-order valence-corrected chi connectivity index (χ4v) is 4.46. The van der Waals surface area contributed by atoms with Crippen LogP contribution in [-0.2, 0) is 11.3 Å². The van der Waals surface area contributed by atoms with Gasteiger partial charge in [-0.1, -0.05) is 48.8 Å². The van der Waals surface area contributed by atoms with Gasteiger partial charge in [-0.2, -0.15) is 5.10 Å². The summed E-state index contributed by atoms with van der Waals surface area (Å²) in [5, 5.41) is 14.2. The second kappa shape index (κ2) is 18.7. The number of rotatable bonds is 9. The first-order valence-corrected chi connectivity index (χ1v) is 13.1. The molecule has 0 radical (unpaired) electrons. The van der Waals surface area contributed by atoms with E-state index in [1.165, 1.54) is 0 Å². The molecule has 3 rings (SSSR count). The maximum Gasteiger partial charge on any atom is 0.248 e. The largest absolute Gasteiger partial charge is 0.387 e. The van der Waals surface area contributed by atoms with Gasteiger partial charge >= 0.3 is 0 Å². The lowest BCUT2D eigenvalue weighted by Crippen LogP contribution is -2.44. The zero-order chi connectivity index (χ0) is 31.8. The molecular weight excluding hydrogens is 599 g/mol. The van der Waals surface area contributed by atoms with Crippen molar-refractivity contribution in [3.63, 3.8) is 0 Å². The fourth-order valence-electron chi connectivity index (χ4n) is 4.01. The van der Waals surface area contributed by atoms with Gasteiger partial charge in [-0.25, -0.2) is 18.4 Å². The molecule has 1 aromatic heterocycles. The van der Waals surface area contributed by atoms with Crippen molar-refractivity contribution in [3.8, 4) is 37.1 Å². The van der Waals surface area contributed by atoms with Gasteiger partial charge in [0.1, 0.15) is 18.2 Å². The second-order valence-corrected chi connectivity index (χ2v) is 10.3. The normalized spacial score (nSPS) is 11.0. The zero-order valence-electron chi connectivity index (χ0n) is 23.7. The minimum absolute atomic E-state index is 0.0106. The van der Waals surface area contributed by atoms with Gasteiger partial charge in [0.05, 0.1) is 25.3 Å². The zero-order valence-corrected chi connectivity index (χ0v) is 25.3. The van der Waals surface area contributed by atoms with E-state index in [4.69, 9.17) is 5.73 Å². The number of amides is 1. The van der Waals surface area contributed by atoms with Crippen molar-refractivity contribution in [3.05, 3.63) is 70.0 Å². The van der Waals surface area contributed by atoms with Crippen LogP contribution in [0.3, 0.4) is 0 Å². The molecule has 0 unspecified atom stereocenters. The number of aliphatic hydroxyl groups excluding tert-OH is 1. The first kappa shape index (κ1) is 37.4. The van der Waals surface area contributed by atoms with Gasteiger partial charge in [0.15, 0.2) is 11.6 Å². The average molecular weight is 637 g/mol. The molecule has 0 saturated carbocycles. The van der Waals surface area contributed by atoms with Gasteiger partial charge in [0, 0.05) is 11.0 Å². The summed E-state index contributed by atoms with van der Waals surface area (Å²) in [7, 11) is 0.500. The minimum Gasteiger partial charge on any atom is -0.387 e. The van der Waals surface area contributed by atoms with Crippen LogP contribution < -0.4 is 5.73 Å². The van der Waals surface area contributed by atoms with Crippen molar-refractivity contribution < 1.29 is 23.1 Å². The maximum absolute atomic E-state index is 14.6. The van der Waals surface area contributed by atoms with E-state index in [1.807, 2.05) is 45.0 Å². The molecule has 1 atom stereocenters. The Balaban J connectivity index is 0.00000250. The number of nitrogens with zero attached hydrogens (tertiary/aromatic N) is 4. The molecule has 0 spiro atoms. The molecule has 41 heavy (non-hydrogen) atoms. The smallest absolute Gasteiger partial charge is 0.248 e. The van der Waals surface area contributed by atoms with Crippen molar-refractivity contribution in [2.24, 2.45) is 11.1 Å². The van der Waals surface area contributed by atoms with Gasteiger partial charge < -0.3 is 15.7 Å². The van der Waals surface area contributed by atoms with Gasteiger partial charge in [-0.05, 0) is 54.3 Å². The molecule has 1 amide bonds. The van der Waals surface area contributed by atoms with Crippen molar-refractivity contribution >= 4 is 21.8 Å². The Morgan fingerprint density at radius 2 is 1.76 bits per heavy atom. The van der Waals surface area contributed by atoms with Crippen LogP contribution in [0.5, 0.6) is 0 Å². The highest BCUT2D eigenvalue weighted by molar-refractivity contribution is 9.10. The number of alkyl halides is 1. The third kappa shape index (κ3) is 10.7. The Morgan fingerprint density at radius 1 is 1.12 bits per heavy atom. The third-order valence-corrected chi connectivity index (χ3v) is 6.02. The van der Waals surface area contributed by atoms with Crippen LogP contribution in [0.4, 0.5) is 13.2 Å². The SMILES string of the molecule is C#C.C#C.CC(C)(C)[C@H](c1nc(-c2cc(F)ccc2F)nn1Cc1cccc(Br)c1)N(CCCN)C(=O)CO.CF. The summed E-state index contributed by atoms with van der Waals surface area (Å²) in [5.41, 5.74) is 5.99. The first-order chi connectivity index (χ1) is 19.5. The van der Waals surface area contributed by atoms with Crippen molar-refractivity contribution in [2.75, 3.05) is 26.9 Å². The van der Waals surface area contributed by atoms with Gasteiger partial charge in [-0.15, -0.1) is 25.7 Å². The average Bonchev–Trinajstić information content (AvgIpc) is 3.36. The molecular formula is C30H37BrF3N5O2. The van der Waals surface area contributed by atoms with Crippen LogP contribution in [-0.4, -0.2) is 57.6 Å². The first-order valence-electron chi connectivity index (χ1n) is 12.3. The van der Waals surface area contributed by atoms with E-state index in [2.05, 4.69) is 51.7 Å². The van der Waals surface area contributed by atoms with E-state index >= 15 is 0 Å². The lowest BCUT2D eigenvalue weighted by Gasteiger charge is -2.39. The summed E-state index contributed by atoms with van der Waals surface area (Å²) in [6.45, 7) is 6.09. The van der Waals surface area contributed by atoms with Crippen LogP contribution in [0.2, 0.25) is 0 Å². The summed E-state index contributed by atoms with van der Waals surface area (Å²) in [4.78, 5) is 19.0. The molecule has 3 aromatic rings. The van der Waals surface area contributed by atoms with Crippen LogP contribution in [0.25, 0.3) is 11.4 Å². The molecule has 2 aromatic carbocycles. The number of aromatic nitrogens is 3. The van der Waals surface area contributed by atoms with Crippen LogP contribution in [0, 0.1) is 42.7 Å². The molecule has 7 nitrogen and oxygen atoms in total. The number of halogens is 4. The predicted molar refractivity (Wildman–Crippen MR) is 160 cm³/mol. The standard InChI is InChI=1S/C25H30BrF2N5O2.2C2H2.CH3F/c1-25(2,3)22(32(11-5-10-29)21(35)15-34)24-30-23(19-13-18(27)8-9-20(19)28)31-33(24)14-16-6-4-7-17(26)12-16;3*1-2/h4,6-9,12-13,22,34H,5,10-11,14-15,29H2,1-3H3;2*1-2H;1H3/t22-;;;/m0.../s1. The van der Waals surface area contributed by atoms with E-state index in [0.717, 1.165) is 28.2 Å². The van der Waals surface area contributed by atoms with E-state index < -0.39 is 35.6 Å². The van der Waals surface area contributed by atoms with E-state index in [1.54, 1.807) is 9.58 Å². The number of nitrogens with two attached hydrogens (primary N) is 1. The molecule has 0 fully saturated rings. The Hall–Kier alpha value is -3.64. The van der Waals surface area contributed by atoms with Crippen molar-refractivity contribution in [2.45, 2.75) is 39.8 Å². The maximum atomic E-state index is 14.6. The summed E-state index contributed by atoms with van der Waals surface area (Å²) < 4.78 is 40.6. The highest BCUT2D eigenvalue weighted by atomic mass is 79.9. The van der Waals surface area contributed by atoms with Crippen molar-refractivity contribution in [1.82, 2.24) is 19.7 Å². The number of hydrogen-bond acceptors (Lipinski definition) is 5. The Morgan fingerprint density at radius 3 is 2.29 bits per heavy atom. The monoisotopic (exact) mass is 635 g/mol. The summed E-state index contributed by atoms with van der Waals surface area (Å²) in [5.74, 6) is -1.34. The topological polar surface area (TPSA) is 97.3 Å². The van der Waals surface area contributed by atoms with Crippen LogP contribution in [0.1, 0.15) is 44.6 Å². The highest BCUT2D eigenvalue weighted by Crippen LogP contribution is 2.38.